The van der Waals surface area contributed by atoms with Crippen LogP contribution >= 0.6 is 11.3 Å². The number of nitrogens with one attached hydrogen (secondary N) is 1. The minimum absolute atomic E-state index is 0.264. The molecule has 1 aromatic rings. The van der Waals surface area contributed by atoms with Crippen molar-refractivity contribution in [2.24, 2.45) is 17.8 Å². The number of ether oxygens (including phenoxy) is 1. The number of allylic oxidation sites excluding steroid dienone is 2. The molecule has 3 atom stereocenters. The Bertz CT molecular complexity index is 810. The first kappa shape index (κ1) is 20.6. The second kappa shape index (κ2) is 8.47. The van der Waals surface area contributed by atoms with E-state index in [0.29, 0.717) is 22.9 Å². The highest BCUT2D eigenvalue weighted by molar-refractivity contribution is 7.17. The van der Waals surface area contributed by atoms with Crippen LogP contribution in [0.2, 0.25) is 0 Å². The molecule has 7 heteroatoms. The standard InChI is InChI=1S/C21H27NO5S/c1-11(2)27-21(26)17-15-9-8-12(3)10-16(15)28-19(17)22-18(23)13-6-4-5-7-14(13)20(24)25/h4-5,11-14H,6-10H2,1-3H3,(H,22,23)(H,24,25)/p-1/t12-,13+,14-/m0/s1. The maximum absolute atomic E-state index is 12.9. The van der Waals surface area contributed by atoms with Gasteiger partial charge in [0.05, 0.1) is 17.6 Å². The Hall–Kier alpha value is -2.15. The normalized spacial score (nSPS) is 23.9. The van der Waals surface area contributed by atoms with E-state index >= 15 is 0 Å². The van der Waals surface area contributed by atoms with E-state index in [1.165, 1.54) is 11.3 Å². The van der Waals surface area contributed by atoms with E-state index in [2.05, 4.69) is 12.2 Å². The fourth-order valence-corrected chi connectivity index (χ4v) is 5.30. The topological polar surface area (TPSA) is 95.5 Å². The number of amides is 1. The highest BCUT2D eigenvalue weighted by atomic mass is 32.1. The highest BCUT2D eigenvalue weighted by Gasteiger charge is 2.33. The van der Waals surface area contributed by atoms with Crippen LogP contribution < -0.4 is 10.4 Å². The lowest BCUT2D eigenvalue weighted by Crippen LogP contribution is -2.41. The number of thiophene rings is 1. The van der Waals surface area contributed by atoms with Gasteiger partial charge in [0.2, 0.25) is 5.91 Å². The van der Waals surface area contributed by atoms with Gasteiger partial charge in [0.25, 0.3) is 0 Å². The molecule has 0 bridgehead atoms. The minimum atomic E-state index is -1.22. The van der Waals surface area contributed by atoms with Crippen molar-refractivity contribution >= 4 is 34.2 Å². The number of carboxylic acid groups (broad SMARTS) is 1. The second-order valence-electron chi connectivity index (χ2n) is 7.97. The molecular weight excluding hydrogens is 378 g/mol. The van der Waals surface area contributed by atoms with Gasteiger partial charge in [-0.2, -0.15) is 0 Å². The fraction of sp³-hybridized carbons (Fsp3) is 0.571. The molecule has 0 saturated carbocycles. The molecule has 0 saturated heterocycles. The Balaban J connectivity index is 1.90. The van der Waals surface area contributed by atoms with Gasteiger partial charge in [-0.25, -0.2) is 4.79 Å². The lowest BCUT2D eigenvalue weighted by molar-refractivity contribution is -0.313. The zero-order chi connectivity index (χ0) is 20.4. The van der Waals surface area contributed by atoms with E-state index in [-0.39, 0.29) is 18.4 Å². The second-order valence-corrected chi connectivity index (χ2v) is 9.08. The summed E-state index contributed by atoms with van der Waals surface area (Å²) < 4.78 is 5.42. The zero-order valence-corrected chi connectivity index (χ0v) is 17.3. The maximum atomic E-state index is 12.9. The van der Waals surface area contributed by atoms with Crippen LogP contribution in [0.3, 0.4) is 0 Å². The summed E-state index contributed by atoms with van der Waals surface area (Å²) in [6.45, 7) is 5.75. The Morgan fingerprint density at radius 3 is 2.54 bits per heavy atom. The van der Waals surface area contributed by atoms with Crippen LogP contribution in [-0.4, -0.2) is 23.9 Å². The molecule has 2 aliphatic carbocycles. The van der Waals surface area contributed by atoms with Crippen molar-refractivity contribution in [1.29, 1.82) is 0 Å². The predicted molar refractivity (Wildman–Crippen MR) is 105 cm³/mol. The molecule has 0 radical (unpaired) electrons. The summed E-state index contributed by atoms with van der Waals surface area (Å²) in [6, 6.07) is 0. The van der Waals surface area contributed by atoms with Crippen LogP contribution in [0.15, 0.2) is 12.2 Å². The summed E-state index contributed by atoms with van der Waals surface area (Å²) in [5.74, 6) is -3.08. The Labute approximate surface area is 169 Å². The lowest BCUT2D eigenvalue weighted by atomic mass is 9.82. The Morgan fingerprint density at radius 2 is 1.89 bits per heavy atom. The van der Waals surface area contributed by atoms with Crippen molar-refractivity contribution in [2.75, 3.05) is 5.32 Å². The minimum Gasteiger partial charge on any atom is -0.550 e. The van der Waals surface area contributed by atoms with Gasteiger partial charge in [0, 0.05) is 16.8 Å². The number of esters is 1. The number of fused-ring (bicyclic) bond motifs is 1. The number of hydrogen-bond acceptors (Lipinski definition) is 6. The van der Waals surface area contributed by atoms with Crippen molar-refractivity contribution in [1.82, 2.24) is 0 Å². The molecule has 1 aromatic heterocycles. The third-order valence-corrected chi connectivity index (χ3v) is 6.54. The van der Waals surface area contributed by atoms with Crippen molar-refractivity contribution < 1.29 is 24.2 Å². The Kier molecular flexibility index (Phi) is 6.23. The highest BCUT2D eigenvalue weighted by Crippen LogP contribution is 2.41. The number of anilines is 1. The monoisotopic (exact) mass is 404 g/mol. The van der Waals surface area contributed by atoms with Gasteiger partial charge in [-0.05, 0) is 57.4 Å². The number of carboxylic acids is 1. The van der Waals surface area contributed by atoms with Crippen LogP contribution in [0, 0.1) is 17.8 Å². The van der Waals surface area contributed by atoms with Gasteiger partial charge in [-0.1, -0.05) is 19.1 Å². The Morgan fingerprint density at radius 1 is 1.21 bits per heavy atom. The molecule has 2 aliphatic rings. The maximum Gasteiger partial charge on any atom is 0.341 e. The lowest BCUT2D eigenvalue weighted by Gasteiger charge is -2.28. The molecule has 0 unspecified atom stereocenters. The van der Waals surface area contributed by atoms with Crippen LogP contribution in [-0.2, 0) is 27.2 Å². The average molecular weight is 405 g/mol. The molecule has 28 heavy (non-hydrogen) atoms. The van der Waals surface area contributed by atoms with E-state index in [1.807, 2.05) is 6.08 Å². The van der Waals surface area contributed by atoms with Gasteiger partial charge in [-0.15, -0.1) is 11.3 Å². The number of rotatable bonds is 5. The summed E-state index contributed by atoms with van der Waals surface area (Å²) in [5, 5.41) is 14.7. The van der Waals surface area contributed by atoms with Crippen molar-refractivity contribution in [3.63, 3.8) is 0 Å². The van der Waals surface area contributed by atoms with Gasteiger partial charge in [-0.3, -0.25) is 4.79 Å². The van der Waals surface area contributed by atoms with E-state index in [4.69, 9.17) is 4.74 Å². The van der Waals surface area contributed by atoms with E-state index in [9.17, 15) is 19.5 Å². The van der Waals surface area contributed by atoms with Crippen molar-refractivity contribution in [3.8, 4) is 0 Å². The number of carbonyl (C=O) groups excluding carboxylic acids is 3. The van der Waals surface area contributed by atoms with Crippen LogP contribution in [0.5, 0.6) is 0 Å². The zero-order valence-electron chi connectivity index (χ0n) is 16.4. The first-order chi connectivity index (χ1) is 13.3. The third kappa shape index (κ3) is 4.29. The average Bonchev–Trinajstić information content (AvgIpc) is 2.97. The van der Waals surface area contributed by atoms with E-state index in [0.717, 1.165) is 29.7 Å². The summed E-state index contributed by atoms with van der Waals surface area (Å²) in [6.07, 6.45) is 6.57. The number of hydrogen-bond donors (Lipinski definition) is 1. The van der Waals surface area contributed by atoms with Gasteiger partial charge in [0.15, 0.2) is 0 Å². The van der Waals surface area contributed by atoms with Crippen LogP contribution in [0.1, 0.15) is 60.8 Å². The number of aliphatic carboxylic acids is 1. The summed E-state index contributed by atoms with van der Waals surface area (Å²) >= 11 is 1.41. The fourth-order valence-electron chi connectivity index (χ4n) is 3.90. The first-order valence-electron chi connectivity index (χ1n) is 9.80. The molecule has 0 spiro atoms. The molecule has 0 aromatic carbocycles. The molecule has 1 N–H and O–H groups in total. The predicted octanol–water partition coefficient (Wildman–Crippen LogP) is 2.71. The van der Waals surface area contributed by atoms with E-state index < -0.39 is 23.8 Å². The molecule has 1 heterocycles. The van der Waals surface area contributed by atoms with Crippen molar-refractivity contribution in [2.45, 2.75) is 59.0 Å². The van der Waals surface area contributed by atoms with E-state index in [1.54, 1.807) is 19.9 Å². The first-order valence-corrected chi connectivity index (χ1v) is 10.6. The number of carbonyl (C=O) groups is 3. The molecule has 1 amide bonds. The third-order valence-electron chi connectivity index (χ3n) is 5.37. The summed E-state index contributed by atoms with van der Waals surface area (Å²) in [4.78, 5) is 38.1. The molecule has 0 aliphatic heterocycles. The largest absolute Gasteiger partial charge is 0.550 e. The molecule has 0 fully saturated rings. The summed E-state index contributed by atoms with van der Waals surface area (Å²) in [7, 11) is 0. The van der Waals surface area contributed by atoms with Crippen molar-refractivity contribution in [3.05, 3.63) is 28.2 Å². The smallest absolute Gasteiger partial charge is 0.341 e. The molecular formula is C21H26NO5S-. The molecule has 6 nitrogen and oxygen atoms in total. The van der Waals surface area contributed by atoms with Gasteiger partial charge in [0.1, 0.15) is 5.00 Å². The van der Waals surface area contributed by atoms with Gasteiger partial charge >= 0.3 is 5.97 Å². The SMILES string of the molecule is CC(C)OC(=O)c1c(NC(=O)[C@@H]2CC=CC[C@@H]2C(=O)[O-])sc2c1CC[C@H](C)C2. The molecule has 3 rings (SSSR count). The van der Waals surface area contributed by atoms with Gasteiger partial charge < -0.3 is 20.0 Å². The molecule has 152 valence electrons. The summed E-state index contributed by atoms with van der Waals surface area (Å²) in [5.41, 5.74) is 1.40. The quantitative estimate of drug-likeness (QED) is 0.601. The van der Waals surface area contributed by atoms with Crippen LogP contribution in [0.4, 0.5) is 5.00 Å². The van der Waals surface area contributed by atoms with Crippen LogP contribution in [0.25, 0.3) is 0 Å².